The van der Waals surface area contributed by atoms with E-state index in [0.717, 1.165) is 0 Å². The molecule has 84 valence electrons. The van der Waals surface area contributed by atoms with Crippen molar-refractivity contribution in [3.63, 3.8) is 0 Å². The van der Waals surface area contributed by atoms with Crippen LogP contribution in [0.25, 0.3) is 0 Å². The molecular formula is C8H18NO4P. The number of rotatable bonds is 4. The molecule has 0 atom stereocenters. The van der Waals surface area contributed by atoms with Gasteiger partial charge in [0.05, 0.1) is 6.16 Å². The maximum atomic E-state index is 11.2. The highest BCUT2D eigenvalue weighted by molar-refractivity contribution is 7.51. The van der Waals surface area contributed by atoms with Crippen LogP contribution in [0.2, 0.25) is 0 Å². The smallest absolute Gasteiger partial charge is 0.327 e. The maximum Gasteiger partial charge on any atom is 0.327 e. The highest BCUT2D eigenvalue weighted by Gasteiger charge is 2.17. The molecule has 5 nitrogen and oxygen atoms in total. The lowest BCUT2D eigenvalue weighted by Crippen LogP contribution is -2.29. The summed E-state index contributed by atoms with van der Waals surface area (Å²) in [5, 5.41) is 2.46. The van der Waals surface area contributed by atoms with Gasteiger partial charge < -0.3 is 15.1 Å². The van der Waals surface area contributed by atoms with E-state index in [2.05, 4.69) is 5.32 Å². The fraction of sp³-hybridized carbons (Fsp3) is 0.875. The molecule has 0 saturated carbocycles. The van der Waals surface area contributed by atoms with Gasteiger partial charge in [-0.05, 0) is 5.41 Å². The van der Waals surface area contributed by atoms with Crippen molar-refractivity contribution in [3.05, 3.63) is 0 Å². The molecule has 0 heterocycles. The van der Waals surface area contributed by atoms with E-state index in [1.54, 1.807) is 0 Å². The zero-order valence-corrected chi connectivity index (χ0v) is 9.67. The largest absolute Gasteiger partial charge is 0.355 e. The molecule has 0 aliphatic heterocycles. The summed E-state index contributed by atoms with van der Waals surface area (Å²) < 4.78 is 10.4. The monoisotopic (exact) mass is 223 g/mol. The molecule has 0 aromatic heterocycles. The summed E-state index contributed by atoms with van der Waals surface area (Å²) in [6.07, 6.45) is 0.0526. The molecule has 6 heteroatoms. The van der Waals surface area contributed by atoms with Gasteiger partial charge in [-0.15, -0.1) is 0 Å². The zero-order chi connectivity index (χ0) is 11.4. The second-order valence-electron chi connectivity index (χ2n) is 4.48. The third kappa shape index (κ3) is 9.71. The normalized spacial score (nSPS) is 12.6. The quantitative estimate of drug-likeness (QED) is 0.613. The first kappa shape index (κ1) is 13.6. The zero-order valence-electron chi connectivity index (χ0n) is 8.78. The molecule has 0 bridgehead atoms. The second kappa shape index (κ2) is 4.91. The van der Waals surface area contributed by atoms with Crippen LogP contribution in [-0.4, -0.2) is 28.4 Å². The van der Waals surface area contributed by atoms with E-state index in [1.807, 2.05) is 20.8 Å². The first-order valence-electron chi connectivity index (χ1n) is 4.41. The molecule has 0 aliphatic rings. The van der Waals surface area contributed by atoms with Crippen LogP contribution < -0.4 is 5.32 Å². The molecular weight excluding hydrogens is 205 g/mol. The van der Waals surface area contributed by atoms with Gasteiger partial charge in [0.25, 0.3) is 0 Å². The Balaban J connectivity index is 3.72. The van der Waals surface area contributed by atoms with Crippen molar-refractivity contribution < 1.29 is 19.1 Å². The van der Waals surface area contributed by atoms with Crippen LogP contribution >= 0.6 is 7.60 Å². The van der Waals surface area contributed by atoms with Crippen molar-refractivity contribution in [1.29, 1.82) is 0 Å². The highest BCUT2D eigenvalue weighted by Crippen LogP contribution is 2.32. The van der Waals surface area contributed by atoms with Crippen molar-refractivity contribution in [1.82, 2.24) is 5.32 Å². The molecule has 14 heavy (non-hydrogen) atoms. The Hall–Kier alpha value is -0.380. The van der Waals surface area contributed by atoms with Crippen molar-refractivity contribution >= 4 is 13.5 Å². The van der Waals surface area contributed by atoms with Crippen LogP contribution in [0.1, 0.15) is 27.2 Å². The minimum atomic E-state index is -3.99. The van der Waals surface area contributed by atoms with Gasteiger partial charge in [0, 0.05) is 13.0 Å². The minimum Gasteiger partial charge on any atom is -0.355 e. The van der Waals surface area contributed by atoms with E-state index < -0.39 is 7.60 Å². The Morgan fingerprint density at radius 3 is 2.21 bits per heavy atom. The predicted molar refractivity (Wildman–Crippen MR) is 54.0 cm³/mol. The topological polar surface area (TPSA) is 86.6 Å². The van der Waals surface area contributed by atoms with Crippen molar-refractivity contribution in [2.45, 2.75) is 27.2 Å². The summed E-state index contributed by atoms with van der Waals surface area (Å²) >= 11 is 0. The Bertz CT molecular complexity index is 240. The SMILES string of the molecule is CC(C)(C)CC(=O)NCCP(=O)(O)O. The molecule has 0 aromatic carbocycles. The summed E-state index contributed by atoms with van der Waals surface area (Å²) in [4.78, 5) is 28.2. The van der Waals surface area contributed by atoms with Gasteiger partial charge in [0.2, 0.25) is 5.91 Å². The summed E-state index contributed by atoms with van der Waals surface area (Å²) in [6.45, 7) is 5.81. The third-order valence-corrected chi connectivity index (χ3v) is 2.22. The van der Waals surface area contributed by atoms with Crippen molar-refractivity contribution in [2.75, 3.05) is 12.7 Å². The van der Waals surface area contributed by atoms with Crippen molar-refractivity contribution in [2.24, 2.45) is 5.41 Å². The Kier molecular flexibility index (Phi) is 4.78. The predicted octanol–water partition coefficient (Wildman–Crippen LogP) is 0.716. The standard InChI is InChI=1S/C8H18NO4P/c1-8(2,3)6-7(10)9-4-5-14(11,12)13/h4-6H2,1-3H3,(H,9,10)(H2,11,12,13). The Morgan fingerprint density at radius 2 is 1.86 bits per heavy atom. The summed E-state index contributed by atoms with van der Waals surface area (Å²) in [6, 6.07) is 0. The van der Waals surface area contributed by atoms with E-state index in [9.17, 15) is 9.36 Å². The lowest BCUT2D eigenvalue weighted by molar-refractivity contribution is -0.122. The molecule has 3 N–H and O–H groups in total. The van der Waals surface area contributed by atoms with Gasteiger partial charge in [0.15, 0.2) is 0 Å². The van der Waals surface area contributed by atoms with Crippen LogP contribution in [0.4, 0.5) is 0 Å². The fourth-order valence-electron chi connectivity index (χ4n) is 0.885. The van der Waals surface area contributed by atoms with Gasteiger partial charge >= 0.3 is 7.60 Å². The van der Waals surface area contributed by atoms with Gasteiger partial charge in [-0.3, -0.25) is 9.36 Å². The maximum absolute atomic E-state index is 11.2. The molecule has 0 fully saturated rings. The van der Waals surface area contributed by atoms with E-state index >= 15 is 0 Å². The Morgan fingerprint density at radius 1 is 1.36 bits per heavy atom. The number of hydrogen-bond donors (Lipinski definition) is 3. The molecule has 0 saturated heterocycles. The van der Waals surface area contributed by atoms with Gasteiger partial charge in [0.1, 0.15) is 0 Å². The molecule has 0 spiro atoms. The first-order chi connectivity index (χ1) is 6.10. The molecule has 0 aromatic rings. The van der Waals surface area contributed by atoms with Crippen LogP contribution in [-0.2, 0) is 9.36 Å². The highest BCUT2D eigenvalue weighted by atomic mass is 31.2. The van der Waals surface area contributed by atoms with E-state index in [4.69, 9.17) is 9.79 Å². The van der Waals surface area contributed by atoms with E-state index in [1.165, 1.54) is 0 Å². The first-order valence-corrected chi connectivity index (χ1v) is 6.21. The van der Waals surface area contributed by atoms with Gasteiger partial charge in [-0.1, -0.05) is 20.8 Å². The average molecular weight is 223 g/mol. The van der Waals surface area contributed by atoms with E-state index in [0.29, 0.717) is 6.42 Å². The second-order valence-corrected chi connectivity index (χ2v) is 6.25. The van der Waals surface area contributed by atoms with E-state index in [-0.39, 0.29) is 24.0 Å². The van der Waals surface area contributed by atoms with Crippen molar-refractivity contribution in [3.8, 4) is 0 Å². The summed E-state index contributed by atoms with van der Waals surface area (Å²) in [5.74, 6) is -0.175. The number of carbonyl (C=O) groups excluding carboxylic acids is 1. The number of amides is 1. The number of hydrogen-bond acceptors (Lipinski definition) is 2. The van der Waals surface area contributed by atoms with Crippen LogP contribution in [0, 0.1) is 5.41 Å². The number of carbonyl (C=O) groups is 1. The van der Waals surface area contributed by atoms with Crippen LogP contribution in [0.3, 0.4) is 0 Å². The van der Waals surface area contributed by atoms with Gasteiger partial charge in [-0.2, -0.15) is 0 Å². The summed E-state index contributed by atoms with van der Waals surface area (Å²) in [5.41, 5.74) is -0.105. The molecule has 0 radical (unpaired) electrons. The molecule has 0 aliphatic carbocycles. The molecule has 1 amide bonds. The summed E-state index contributed by atoms with van der Waals surface area (Å²) in [7, 11) is -3.99. The van der Waals surface area contributed by atoms with Crippen LogP contribution in [0.15, 0.2) is 0 Å². The molecule has 0 rings (SSSR count). The molecule has 0 unspecified atom stereocenters. The lowest BCUT2D eigenvalue weighted by Gasteiger charge is -2.17. The minimum absolute atomic E-state index is 0.0270. The number of nitrogens with one attached hydrogen (secondary N) is 1. The third-order valence-electron chi connectivity index (χ3n) is 1.42. The van der Waals surface area contributed by atoms with Gasteiger partial charge in [-0.25, -0.2) is 0 Å². The Labute approximate surface area is 84.1 Å². The van der Waals surface area contributed by atoms with Crippen LogP contribution in [0.5, 0.6) is 0 Å². The fourth-order valence-corrected chi connectivity index (χ4v) is 1.29. The lowest BCUT2D eigenvalue weighted by atomic mass is 9.92. The average Bonchev–Trinajstić information content (AvgIpc) is 1.78.